The van der Waals surface area contributed by atoms with Crippen LogP contribution in [0.5, 0.6) is 0 Å². The highest BCUT2D eigenvalue weighted by molar-refractivity contribution is 6.02. The molecule has 0 bridgehead atoms. The lowest BCUT2D eigenvalue weighted by Gasteiger charge is -2.29. The third kappa shape index (κ3) is 3.27. The van der Waals surface area contributed by atoms with E-state index in [1.54, 1.807) is 10.7 Å². The van der Waals surface area contributed by atoms with Gasteiger partial charge in [-0.2, -0.15) is 5.10 Å². The average molecular weight is 388 g/mol. The summed E-state index contributed by atoms with van der Waals surface area (Å²) in [7, 11) is 2.12. The quantitative estimate of drug-likeness (QED) is 0.566. The Bertz CT molecular complexity index is 1200. The molecule has 1 saturated heterocycles. The summed E-state index contributed by atoms with van der Waals surface area (Å²) in [5, 5.41) is 8.62. The first-order chi connectivity index (χ1) is 14.1. The van der Waals surface area contributed by atoms with Gasteiger partial charge in [0.25, 0.3) is 5.91 Å². The lowest BCUT2D eigenvalue weighted by molar-refractivity contribution is 0.0918. The number of rotatable bonds is 3. The second-order valence-electron chi connectivity index (χ2n) is 7.91. The maximum atomic E-state index is 12.9. The molecule has 0 unspecified atom stereocenters. The molecule has 2 N–H and O–H groups in total. The van der Waals surface area contributed by atoms with Crippen molar-refractivity contribution < 1.29 is 4.79 Å². The highest BCUT2D eigenvalue weighted by atomic mass is 16.1. The predicted octanol–water partition coefficient (Wildman–Crippen LogP) is 3.01. The number of amides is 1. The van der Waals surface area contributed by atoms with Crippen LogP contribution in [0.25, 0.3) is 27.7 Å². The van der Waals surface area contributed by atoms with Gasteiger partial charge in [0, 0.05) is 35.1 Å². The molecule has 5 rings (SSSR count). The number of piperidine rings is 1. The van der Waals surface area contributed by atoms with Crippen LogP contribution in [0.1, 0.15) is 28.9 Å². The van der Waals surface area contributed by atoms with E-state index in [-0.39, 0.29) is 11.9 Å². The highest BCUT2D eigenvalue weighted by Crippen LogP contribution is 2.29. The molecule has 7 nitrogen and oxygen atoms in total. The van der Waals surface area contributed by atoms with Crippen LogP contribution in [0.4, 0.5) is 0 Å². The summed E-state index contributed by atoms with van der Waals surface area (Å²) in [4.78, 5) is 23.0. The maximum absolute atomic E-state index is 12.9. The Kier molecular flexibility index (Phi) is 4.32. The first-order valence-corrected chi connectivity index (χ1v) is 10.0. The van der Waals surface area contributed by atoms with Crippen molar-refractivity contribution in [3.05, 3.63) is 54.1 Å². The monoisotopic (exact) mass is 388 g/mol. The van der Waals surface area contributed by atoms with E-state index >= 15 is 0 Å². The molecular formula is C22H24N6O. The van der Waals surface area contributed by atoms with Gasteiger partial charge in [0.15, 0.2) is 0 Å². The van der Waals surface area contributed by atoms with Crippen LogP contribution in [0.15, 0.2) is 42.9 Å². The fraction of sp³-hybridized carbons (Fsp3) is 0.318. The summed E-state index contributed by atoms with van der Waals surface area (Å²) in [6.45, 7) is 4.00. The van der Waals surface area contributed by atoms with Crippen molar-refractivity contribution in [3.8, 4) is 11.1 Å². The third-order valence-electron chi connectivity index (χ3n) is 5.81. The van der Waals surface area contributed by atoms with Gasteiger partial charge in [0.1, 0.15) is 5.65 Å². The zero-order chi connectivity index (χ0) is 20.0. The van der Waals surface area contributed by atoms with Crippen LogP contribution in [-0.2, 0) is 0 Å². The fourth-order valence-electron chi connectivity index (χ4n) is 4.08. The van der Waals surface area contributed by atoms with Gasteiger partial charge < -0.3 is 15.2 Å². The minimum Gasteiger partial charge on any atom is -0.349 e. The molecule has 7 heteroatoms. The van der Waals surface area contributed by atoms with Crippen LogP contribution in [-0.4, -0.2) is 56.6 Å². The van der Waals surface area contributed by atoms with Crippen molar-refractivity contribution in [2.75, 3.05) is 20.1 Å². The number of aromatic amines is 1. The number of aromatic nitrogens is 4. The standard InChI is InChI=1S/C22H24N6O/c1-14-3-4-17-18(12-23-21(17)25-14)15-5-10-28-20(11-15)19(13-24-28)22(29)26-16-6-8-27(2)9-7-16/h3-5,10-13,16H,6-9H2,1-2H3,(H,23,25)(H,26,29). The van der Waals surface area contributed by atoms with E-state index in [1.807, 2.05) is 37.5 Å². The van der Waals surface area contributed by atoms with E-state index in [0.29, 0.717) is 5.56 Å². The molecule has 29 heavy (non-hydrogen) atoms. The lowest BCUT2D eigenvalue weighted by atomic mass is 10.0. The Morgan fingerprint density at radius 1 is 1.24 bits per heavy atom. The Balaban J connectivity index is 1.48. The summed E-state index contributed by atoms with van der Waals surface area (Å²) in [5.41, 5.74) is 5.36. The number of hydrogen-bond acceptors (Lipinski definition) is 4. The number of aryl methyl sites for hydroxylation is 1. The van der Waals surface area contributed by atoms with E-state index in [1.165, 1.54) is 0 Å². The van der Waals surface area contributed by atoms with Crippen molar-refractivity contribution in [1.29, 1.82) is 0 Å². The van der Waals surface area contributed by atoms with Gasteiger partial charge in [-0.25, -0.2) is 9.50 Å². The smallest absolute Gasteiger partial charge is 0.255 e. The van der Waals surface area contributed by atoms with Gasteiger partial charge in [0.05, 0.1) is 17.3 Å². The Labute approximate surface area is 168 Å². The van der Waals surface area contributed by atoms with E-state index < -0.39 is 0 Å². The predicted molar refractivity (Wildman–Crippen MR) is 113 cm³/mol. The Morgan fingerprint density at radius 2 is 2.07 bits per heavy atom. The maximum Gasteiger partial charge on any atom is 0.255 e. The molecule has 0 saturated carbocycles. The summed E-state index contributed by atoms with van der Waals surface area (Å²) in [6.07, 6.45) is 7.49. The normalized spacial score (nSPS) is 15.9. The first kappa shape index (κ1) is 17.9. The van der Waals surface area contributed by atoms with Gasteiger partial charge in [-0.1, -0.05) is 0 Å². The molecule has 1 fully saturated rings. The first-order valence-electron chi connectivity index (χ1n) is 10.0. The molecule has 0 atom stereocenters. The molecule has 5 heterocycles. The van der Waals surface area contributed by atoms with Crippen molar-refractivity contribution in [2.24, 2.45) is 0 Å². The van der Waals surface area contributed by atoms with Gasteiger partial charge in [-0.3, -0.25) is 4.79 Å². The Hall–Kier alpha value is -3.19. The molecular weight excluding hydrogens is 364 g/mol. The van der Waals surface area contributed by atoms with Crippen molar-refractivity contribution in [3.63, 3.8) is 0 Å². The SMILES string of the molecule is Cc1ccc2c(-c3ccn4ncc(C(=O)NC5CCN(C)CC5)c4c3)c[nH]c2n1. The number of H-pyrrole nitrogens is 1. The number of carbonyl (C=O) groups excluding carboxylic acids is 1. The number of likely N-dealkylation sites (tertiary alicyclic amines) is 1. The van der Waals surface area contributed by atoms with E-state index in [2.05, 4.69) is 38.4 Å². The number of fused-ring (bicyclic) bond motifs is 2. The number of nitrogens with zero attached hydrogens (tertiary/aromatic N) is 4. The molecule has 1 aliphatic heterocycles. The molecule has 0 aliphatic carbocycles. The van der Waals surface area contributed by atoms with Gasteiger partial charge in [-0.15, -0.1) is 0 Å². The number of carbonyl (C=O) groups is 1. The van der Waals surface area contributed by atoms with Crippen LogP contribution in [0.3, 0.4) is 0 Å². The van der Waals surface area contributed by atoms with Crippen LogP contribution in [0, 0.1) is 6.92 Å². The average Bonchev–Trinajstić information content (AvgIpc) is 3.32. The summed E-state index contributed by atoms with van der Waals surface area (Å²) in [6, 6.07) is 8.36. The van der Waals surface area contributed by atoms with Crippen LogP contribution in [0.2, 0.25) is 0 Å². The highest BCUT2D eigenvalue weighted by Gasteiger charge is 2.21. The summed E-state index contributed by atoms with van der Waals surface area (Å²) < 4.78 is 1.75. The van der Waals surface area contributed by atoms with Crippen molar-refractivity contribution in [1.82, 2.24) is 29.8 Å². The van der Waals surface area contributed by atoms with E-state index in [0.717, 1.165) is 59.3 Å². The van der Waals surface area contributed by atoms with Crippen LogP contribution < -0.4 is 5.32 Å². The van der Waals surface area contributed by atoms with Crippen molar-refractivity contribution in [2.45, 2.75) is 25.8 Å². The Morgan fingerprint density at radius 3 is 2.90 bits per heavy atom. The van der Waals surface area contributed by atoms with Crippen molar-refractivity contribution >= 4 is 22.5 Å². The molecule has 1 amide bonds. The molecule has 4 aromatic rings. The van der Waals surface area contributed by atoms with Crippen LogP contribution >= 0.6 is 0 Å². The number of hydrogen-bond donors (Lipinski definition) is 2. The summed E-state index contributed by atoms with van der Waals surface area (Å²) in [5.74, 6) is -0.0529. The molecule has 1 aliphatic rings. The minimum atomic E-state index is -0.0529. The number of nitrogens with one attached hydrogen (secondary N) is 2. The van der Waals surface area contributed by atoms with Gasteiger partial charge in [0.2, 0.25) is 0 Å². The molecule has 0 aromatic carbocycles. The third-order valence-corrected chi connectivity index (χ3v) is 5.81. The lowest BCUT2D eigenvalue weighted by Crippen LogP contribution is -2.43. The topological polar surface area (TPSA) is 78.3 Å². The molecule has 0 radical (unpaired) electrons. The zero-order valence-electron chi connectivity index (χ0n) is 16.6. The molecule has 148 valence electrons. The van der Waals surface area contributed by atoms with E-state index in [4.69, 9.17) is 0 Å². The fourth-order valence-corrected chi connectivity index (χ4v) is 4.08. The second-order valence-corrected chi connectivity index (χ2v) is 7.91. The van der Waals surface area contributed by atoms with E-state index in [9.17, 15) is 4.79 Å². The van der Waals surface area contributed by atoms with Gasteiger partial charge in [-0.05, 0) is 69.7 Å². The molecule has 4 aromatic heterocycles. The minimum absolute atomic E-state index is 0.0529. The number of pyridine rings is 2. The largest absolute Gasteiger partial charge is 0.349 e. The summed E-state index contributed by atoms with van der Waals surface area (Å²) >= 11 is 0. The second kappa shape index (κ2) is 7.00. The zero-order valence-corrected chi connectivity index (χ0v) is 16.6. The van der Waals surface area contributed by atoms with Gasteiger partial charge >= 0.3 is 0 Å². The molecule has 0 spiro atoms.